The average molecular weight is 385 g/mol. The van der Waals surface area contributed by atoms with Crippen molar-refractivity contribution in [3.8, 4) is 0 Å². The van der Waals surface area contributed by atoms with Gasteiger partial charge in [-0.05, 0) is 24.5 Å². The number of hydrogen-bond acceptors (Lipinski definition) is 2. The number of ether oxygens (including phenoxy) is 1. The molecule has 2 heteroatoms. The second kappa shape index (κ2) is 18.3. The van der Waals surface area contributed by atoms with Crippen molar-refractivity contribution in [2.45, 2.75) is 78.1 Å². The first-order chi connectivity index (χ1) is 13.6. The fourth-order valence-electron chi connectivity index (χ4n) is 2.76. The van der Waals surface area contributed by atoms with Crippen LogP contribution in [0.3, 0.4) is 0 Å². The van der Waals surface area contributed by atoms with Gasteiger partial charge in [-0.15, -0.1) is 0 Å². The lowest BCUT2D eigenvalue weighted by Gasteiger charge is -2.04. The topological polar surface area (TPSA) is 26.3 Å². The Morgan fingerprint density at radius 1 is 0.857 bits per heavy atom. The lowest BCUT2D eigenvalue weighted by Crippen LogP contribution is -2.05. The zero-order chi connectivity index (χ0) is 21.0. The normalized spacial score (nSPS) is 9.79. The largest absolute Gasteiger partial charge is 0.462 e. The van der Waals surface area contributed by atoms with Crippen molar-refractivity contribution in [2.75, 3.05) is 6.61 Å². The third-order valence-corrected chi connectivity index (χ3v) is 4.52. The number of esters is 1. The maximum absolute atomic E-state index is 11.1. The summed E-state index contributed by atoms with van der Waals surface area (Å²) < 4.78 is 5.04. The number of carbonyl (C=O) groups excluding carboxylic acids is 1. The van der Waals surface area contributed by atoms with Gasteiger partial charge in [-0.25, -0.2) is 4.79 Å². The summed E-state index contributed by atoms with van der Waals surface area (Å²) >= 11 is 0. The van der Waals surface area contributed by atoms with Gasteiger partial charge < -0.3 is 4.74 Å². The third kappa shape index (κ3) is 14.0. The van der Waals surface area contributed by atoms with E-state index in [2.05, 4.69) is 26.7 Å². The molecule has 0 bridgehead atoms. The Morgan fingerprint density at radius 2 is 1.29 bits per heavy atom. The zero-order valence-corrected chi connectivity index (χ0v) is 18.2. The molecule has 0 saturated carbocycles. The first-order valence-corrected chi connectivity index (χ1v) is 10.7. The molecule has 0 aliphatic carbocycles. The molecular formula is C26H40O2. The van der Waals surface area contributed by atoms with Gasteiger partial charge in [0.25, 0.3) is 0 Å². The molecule has 0 fully saturated rings. The molecule has 1 aromatic carbocycles. The van der Waals surface area contributed by atoms with Crippen LogP contribution in [0.5, 0.6) is 0 Å². The Morgan fingerprint density at radius 3 is 1.68 bits per heavy atom. The van der Waals surface area contributed by atoms with Crippen molar-refractivity contribution in [3.05, 3.63) is 60.7 Å². The van der Waals surface area contributed by atoms with Gasteiger partial charge >= 0.3 is 5.97 Å². The molecular weight excluding hydrogens is 344 g/mol. The van der Waals surface area contributed by atoms with Crippen molar-refractivity contribution in [1.82, 2.24) is 0 Å². The van der Waals surface area contributed by atoms with Crippen molar-refractivity contribution in [3.63, 3.8) is 0 Å². The highest BCUT2D eigenvalue weighted by molar-refractivity contribution is 5.86. The summed E-state index contributed by atoms with van der Waals surface area (Å²) in [6.45, 7) is 15.4. The lowest BCUT2D eigenvalue weighted by molar-refractivity contribution is -0.139. The van der Waals surface area contributed by atoms with Crippen LogP contribution in [0.1, 0.15) is 89.2 Å². The predicted molar refractivity (Wildman–Crippen MR) is 124 cm³/mol. The minimum atomic E-state index is -0.258. The summed E-state index contributed by atoms with van der Waals surface area (Å²) in [5.41, 5.74) is 2.76. The van der Waals surface area contributed by atoms with Crippen LogP contribution in [0.4, 0.5) is 0 Å². The van der Waals surface area contributed by atoms with Gasteiger partial charge in [-0.3, -0.25) is 0 Å². The highest BCUT2D eigenvalue weighted by Crippen LogP contribution is 2.11. The number of unbranched alkanes of at least 4 members (excludes halogenated alkanes) is 9. The Hall–Kier alpha value is -2.09. The molecule has 28 heavy (non-hydrogen) atoms. The van der Waals surface area contributed by atoms with E-state index in [1.807, 2.05) is 36.4 Å². The van der Waals surface area contributed by atoms with E-state index in [1.165, 1.54) is 57.8 Å². The molecule has 0 spiro atoms. The van der Waals surface area contributed by atoms with Gasteiger partial charge in [-0.2, -0.15) is 0 Å². The monoisotopic (exact) mass is 384 g/mol. The Labute approximate surface area is 173 Å². The van der Waals surface area contributed by atoms with Crippen LogP contribution in [0.15, 0.2) is 49.6 Å². The maximum atomic E-state index is 11.1. The average Bonchev–Trinajstić information content (AvgIpc) is 2.72. The van der Waals surface area contributed by atoms with Crippen LogP contribution in [0.25, 0.3) is 12.2 Å². The Kier molecular flexibility index (Phi) is 16.9. The maximum Gasteiger partial charge on any atom is 0.333 e. The molecule has 0 aliphatic heterocycles. The number of hydrogen-bond donors (Lipinski definition) is 0. The second-order valence-corrected chi connectivity index (χ2v) is 7.14. The van der Waals surface area contributed by atoms with Crippen LogP contribution < -0.4 is 0 Å². The lowest BCUT2D eigenvalue weighted by atomic mass is 10.1. The zero-order valence-electron chi connectivity index (χ0n) is 18.2. The van der Waals surface area contributed by atoms with Crippen molar-refractivity contribution < 1.29 is 9.53 Å². The molecule has 1 rings (SSSR count). The van der Waals surface area contributed by atoms with E-state index in [1.54, 1.807) is 6.92 Å². The molecule has 0 heterocycles. The summed E-state index contributed by atoms with van der Waals surface area (Å²) in [5.74, 6) is -0.258. The van der Waals surface area contributed by atoms with E-state index in [9.17, 15) is 4.79 Å². The van der Waals surface area contributed by atoms with E-state index < -0.39 is 0 Å². The second-order valence-electron chi connectivity index (χ2n) is 7.14. The molecule has 0 aromatic heterocycles. The SMILES string of the molecule is C=C(C)C(=O)OCCCCCCCCCCCC.C=Cc1ccccc1C=C. The molecule has 0 unspecified atom stereocenters. The third-order valence-electron chi connectivity index (χ3n) is 4.52. The molecule has 0 atom stereocenters. The van der Waals surface area contributed by atoms with Crippen LogP contribution in [0.2, 0.25) is 0 Å². The quantitative estimate of drug-likeness (QED) is 0.184. The highest BCUT2D eigenvalue weighted by Gasteiger charge is 2.01. The minimum absolute atomic E-state index is 0.258. The summed E-state index contributed by atoms with van der Waals surface area (Å²) in [5, 5.41) is 0. The summed E-state index contributed by atoms with van der Waals surface area (Å²) in [7, 11) is 0. The standard InChI is InChI=1S/C16H30O2.C10H10/c1-4-5-6-7-8-9-10-11-12-13-14-18-16(17)15(2)3;1-3-9-7-5-6-8-10(9)4-2/h2,4-14H2,1,3H3;3-8H,1-2H2. The van der Waals surface area contributed by atoms with E-state index in [-0.39, 0.29) is 5.97 Å². The highest BCUT2D eigenvalue weighted by atomic mass is 16.5. The fourth-order valence-corrected chi connectivity index (χ4v) is 2.76. The van der Waals surface area contributed by atoms with Gasteiger partial charge in [0.15, 0.2) is 0 Å². The summed E-state index contributed by atoms with van der Waals surface area (Å²) in [6, 6.07) is 8.02. The smallest absolute Gasteiger partial charge is 0.333 e. The van der Waals surface area contributed by atoms with Crippen LogP contribution in [0, 0.1) is 0 Å². The summed E-state index contributed by atoms with van der Waals surface area (Å²) in [6.07, 6.45) is 16.6. The van der Waals surface area contributed by atoms with Gasteiger partial charge in [0.1, 0.15) is 0 Å². The van der Waals surface area contributed by atoms with E-state index in [4.69, 9.17) is 4.74 Å². The number of carbonyl (C=O) groups is 1. The Balaban J connectivity index is 0.000000609. The first-order valence-electron chi connectivity index (χ1n) is 10.7. The molecule has 0 radical (unpaired) electrons. The van der Waals surface area contributed by atoms with Crippen LogP contribution in [-0.4, -0.2) is 12.6 Å². The first kappa shape index (κ1) is 25.9. The van der Waals surface area contributed by atoms with E-state index in [0.717, 1.165) is 17.5 Å². The molecule has 156 valence electrons. The van der Waals surface area contributed by atoms with E-state index >= 15 is 0 Å². The molecule has 1 aromatic rings. The fraction of sp³-hybridized carbons (Fsp3) is 0.500. The van der Waals surface area contributed by atoms with Gasteiger partial charge in [0.2, 0.25) is 0 Å². The Bertz CT molecular complexity index is 545. The minimum Gasteiger partial charge on any atom is -0.462 e. The predicted octanol–water partition coefficient (Wildman–Crippen LogP) is 8.00. The van der Waals surface area contributed by atoms with E-state index in [0.29, 0.717) is 12.2 Å². The molecule has 0 saturated heterocycles. The molecule has 0 N–H and O–H groups in total. The molecule has 0 aliphatic rings. The van der Waals surface area contributed by atoms with Crippen molar-refractivity contribution in [1.29, 1.82) is 0 Å². The van der Waals surface area contributed by atoms with Crippen LogP contribution >= 0.6 is 0 Å². The van der Waals surface area contributed by atoms with Crippen molar-refractivity contribution in [2.24, 2.45) is 0 Å². The molecule has 2 nitrogen and oxygen atoms in total. The van der Waals surface area contributed by atoms with Gasteiger partial charge in [0, 0.05) is 5.57 Å². The van der Waals surface area contributed by atoms with Crippen molar-refractivity contribution >= 4 is 18.1 Å². The van der Waals surface area contributed by atoms with Crippen LogP contribution in [-0.2, 0) is 9.53 Å². The molecule has 0 amide bonds. The number of benzene rings is 1. The van der Waals surface area contributed by atoms with Gasteiger partial charge in [0.05, 0.1) is 6.61 Å². The number of rotatable bonds is 14. The summed E-state index contributed by atoms with van der Waals surface area (Å²) in [4.78, 5) is 11.1. The van der Waals surface area contributed by atoms with Gasteiger partial charge in [-0.1, -0.05) is 121 Å².